The van der Waals surface area contributed by atoms with Crippen molar-refractivity contribution < 1.29 is 9.59 Å². The van der Waals surface area contributed by atoms with Crippen LogP contribution in [0.1, 0.15) is 21.5 Å². The quantitative estimate of drug-likeness (QED) is 0.655. The fourth-order valence-corrected chi connectivity index (χ4v) is 2.85. The minimum atomic E-state index is -0.322. The van der Waals surface area contributed by atoms with Gasteiger partial charge in [-0.25, -0.2) is 0 Å². The highest BCUT2D eigenvalue weighted by atomic mass is 35.5. The van der Waals surface area contributed by atoms with Crippen LogP contribution < -0.4 is 16.2 Å². The number of rotatable bonds is 6. The first-order valence-corrected chi connectivity index (χ1v) is 9.38. The van der Waals surface area contributed by atoms with E-state index in [0.29, 0.717) is 22.8 Å². The number of benzene rings is 2. The molecule has 7 heteroatoms. The normalized spacial score (nSPS) is 10.4. The van der Waals surface area contributed by atoms with Gasteiger partial charge < -0.3 is 15.2 Å². The number of aromatic nitrogens is 1. The molecule has 2 N–H and O–H groups in total. The van der Waals surface area contributed by atoms with Crippen LogP contribution in [0.2, 0.25) is 5.02 Å². The average Bonchev–Trinajstić information content (AvgIpc) is 2.70. The number of pyridine rings is 1. The number of hydrogen-bond acceptors (Lipinski definition) is 3. The van der Waals surface area contributed by atoms with Crippen LogP contribution in [0.5, 0.6) is 0 Å². The summed E-state index contributed by atoms with van der Waals surface area (Å²) < 4.78 is 1.35. The lowest BCUT2D eigenvalue weighted by Crippen LogP contribution is -2.27. The van der Waals surface area contributed by atoms with Crippen molar-refractivity contribution in [1.29, 1.82) is 0 Å². The molecule has 0 saturated carbocycles. The number of hydrogen-bond donors (Lipinski definition) is 2. The molecule has 0 fully saturated rings. The maximum atomic E-state index is 12.3. The molecule has 0 radical (unpaired) electrons. The molecular weight excluding hydrogens is 390 g/mol. The summed E-state index contributed by atoms with van der Waals surface area (Å²) in [5, 5.41) is 6.20. The summed E-state index contributed by atoms with van der Waals surface area (Å²) in [6.07, 6.45) is 1.63. The molecule has 6 nitrogen and oxygen atoms in total. The lowest BCUT2D eigenvalue weighted by atomic mass is 10.1. The number of carbonyl (C=O) groups is 2. The summed E-state index contributed by atoms with van der Waals surface area (Å²) >= 11 is 5.85. The van der Waals surface area contributed by atoms with E-state index in [1.807, 2.05) is 19.1 Å². The Labute approximate surface area is 173 Å². The lowest BCUT2D eigenvalue weighted by molar-refractivity contribution is -0.116. The Morgan fingerprint density at radius 2 is 1.66 bits per heavy atom. The Morgan fingerprint density at radius 3 is 2.34 bits per heavy atom. The van der Waals surface area contributed by atoms with Crippen LogP contribution >= 0.6 is 11.6 Å². The third-order valence-electron chi connectivity index (χ3n) is 4.24. The zero-order valence-electron chi connectivity index (χ0n) is 15.8. The fraction of sp³-hybridized carbons (Fsp3) is 0.136. The van der Waals surface area contributed by atoms with Gasteiger partial charge in [-0.2, -0.15) is 0 Å². The number of carbonyl (C=O) groups excluding carboxylic acids is 2. The van der Waals surface area contributed by atoms with Gasteiger partial charge in [-0.15, -0.1) is 0 Å². The summed E-state index contributed by atoms with van der Waals surface area (Å²) in [6, 6.07) is 16.9. The van der Waals surface area contributed by atoms with Gasteiger partial charge in [0.05, 0.1) is 0 Å². The van der Waals surface area contributed by atoms with E-state index < -0.39 is 0 Å². The van der Waals surface area contributed by atoms with Gasteiger partial charge in [0, 0.05) is 35.1 Å². The molecule has 148 valence electrons. The van der Waals surface area contributed by atoms with E-state index in [9.17, 15) is 14.4 Å². The minimum absolute atomic E-state index is 0.0795. The van der Waals surface area contributed by atoms with Crippen molar-refractivity contribution in [3.63, 3.8) is 0 Å². The zero-order valence-corrected chi connectivity index (χ0v) is 16.6. The third kappa shape index (κ3) is 5.80. The Balaban J connectivity index is 1.55. The van der Waals surface area contributed by atoms with Crippen molar-refractivity contribution in [3.05, 3.63) is 98.9 Å². The largest absolute Gasteiger partial charge is 0.348 e. The van der Waals surface area contributed by atoms with Gasteiger partial charge in [0.15, 0.2) is 0 Å². The van der Waals surface area contributed by atoms with E-state index >= 15 is 0 Å². The van der Waals surface area contributed by atoms with Crippen molar-refractivity contribution in [2.24, 2.45) is 0 Å². The topological polar surface area (TPSA) is 80.2 Å². The Hall–Kier alpha value is -3.38. The van der Waals surface area contributed by atoms with Crippen LogP contribution in [0.3, 0.4) is 0 Å². The highest BCUT2D eigenvalue weighted by Gasteiger charge is 2.08. The average molecular weight is 410 g/mol. The summed E-state index contributed by atoms with van der Waals surface area (Å²) in [5.74, 6) is -0.540. The van der Waals surface area contributed by atoms with Gasteiger partial charge in [-0.1, -0.05) is 29.8 Å². The van der Waals surface area contributed by atoms with Crippen LogP contribution in [0, 0.1) is 6.92 Å². The monoisotopic (exact) mass is 409 g/mol. The van der Waals surface area contributed by atoms with E-state index in [2.05, 4.69) is 10.6 Å². The van der Waals surface area contributed by atoms with Gasteiger partial charge in [-0.05, 0) is 54.4 Å². The van der Waals surface area contributed by atoms with E-state index in [1.165, 1.54) is 10.6 Å². The van der Waals surface area contributed by atoms with Crippen molar-refractivity contribution in [1.82, 2.24) is 9.88 Å². The predicted molar refractivity (Wildman–Crippen MR) is 113 cm³/mol. The molecule has 0 aliphatic rings. The maximum Gasteiger partial charge on any atom is 0.251 e. The first-order chi connectivity index (χ1) is 13.9. The van der Waals surface area contributed by atoms with E-state index in [4.69, 9.17) is 11.6 Å². The second-order valence-corrected chi connectivity index (χ2v) is 7.04. The molecule has 0 aliphatic heterocycles. The number of aryl methyl sites for hydroxylation is 1. The molecule has 1 aromatic heterocycles. The van der Waals surface area contributed by atoms with E-state index in [0.717, 1.165) is 11.1 Å². The van der Waals surface area contributed by atoms with Crippen molar-refractivity contribution >= 4 is 29.1 Å². The zero-order chi connectivity index (χ0) is 20.8. The molecule has 2 aromatic carbocycles. The lowest BCUT2D eigenvalue weighted by Gasteiger charge is -2.09. The molecule has 1 heterocycles. The molecule has 3 rings (SSSR count). The number of amides is 2. The van der Waals surface area contributed by atoms with E-state index in [1.54, 1.807) is 48.7 Å². The summed E-state index contributed by atoms with van der Waals surface area (Å²) in [7, 11) is 0. The molecular formula is C22H20ClN3O3. The van der Waals surface area contributed by atoms with Gasteiger partial charge >= 0.3 is 0 Å². The van der Waals surface area contributed by atoms with Crippen LogP contribution in [-0.4, -0.2) is 16.4 Å². The van der Waals surface area contributed by atoms with Crippen molar-refractivity contribution in [2.45, 2.75) is 20.0 Å². The van der Waals surface area contributed by atoms with Gasteiger partial charge in [0.2, 0.25) is 5.91 Å². The van der Waals surface area contributed by atoms with Crippen LogP contribution in [0.15, 0.2) is 71.7 Å². The molecule has 0 saturated heterocycles. The third-order valence-corrected chi connectivity index (χ3v) is 4.49. The first kappa shape index (κ1) is 20.4. The Kier molecular flexibility index (Phi) is 6.46. The molecule has 0 atom stereocenters. The van der Waals surface area contributed by atoms with Crippen LogP contribution in [0.4, 0.5) is 5.69 Å². The summed E-state index contributed by atoms with van der Waals surface area (Å²) in [4.78, 5) is 36.2. The van der Waals surface area contributed by atoms with Gasteiger partial charge in [-0.3, -0.25) is 14.4 Å². The molecule has 29 heavy (non-hydrogen) atoms. The molecule has 0 unspecified atom stereocenters. The fourth-order valence-electron chi connectivity index (χ4n) is 2.72. The minimum Gasteiger partial charge on any atom is -0.348 e. The van der Waals surface area contributed by atoms with Gasteiger partial charge in [0.25, 0.3) is 11.5 Å². The first-order valence-electron chi connectivity index (χ1n) is 9.00. The highest BCUT2D eigenvalue weighted by molar-refractivity contribution is 6.30. The standard InChI is InChI=1S/C22H20ClN3O3/c1-15-2-11-21(28)26(13-15)14-20(27)25-19-9-5-17(6-10-19)22(29)24-12-16-3-7-18(23)8-4-16/h2-11,13H,12,14H2,1H3,(H,24,29)(H,25,27). The Bertz CT molecular complexity index is 1070. The molecule has 2 amide bonds. The van der Waals surface area contributed by atoms with Crippen LogP contribution in [-0.2, 0) is 17.9 Å². The number of halogens is 1. The second-order valence-electron chi connectivity index (χ2n) is 6.61. The number of nitrogens with one attached hydrogen (secondary N) is 2. The summed E-state index contributed by atoms with van der Waals surface area (Å²) in [5.41, 5.74) is 2.62. The number of nitrogens with zero attached hydrogens (tertiary/aromatic N) is 1. The molecule has 3 aromatic rings. The van der Waals surface area contributed by atoms with Crippen molar-refractivity contribution in [3.8, 4) is 0 Å². The van der Waals surface area contributed by atoms with Gasteiger partial charge in [0.1, 0.15) is 6.54 Å². The van der Waals surface area contributed by atoms with Crippen molar-refractivity contribution in [2.75, 3.05) is 5.32 Å². The second kappa shape index (κ2) is 9.21. The van der Waals surface area contributed by atoms with Crippen LogP contribution in [0.25, 0.3) is 0 Å². The van der Waals surface area contributed by atoms with E-state index in [-0.39, 0.29) is 23.9 Å². The highest BCUT2D eigenvalue weighted by Crippen LogP contribution is 2.11. The smallest absolute Gasteiger partial charge is 0.251 e. The molecule has 0 spiro atoms. The summed E-state index contributed by atoms with van der Waals surface area (Å²) in [6.45, 7) is 2.16. The SMILES string of the molecule is Cc1ccc(=O)n(CC(=O)Nc2ccc(C(=O)NCc3ccc(Cl)cc3)cc2)c1. The molecule has 0 aliphatic carbocycles. The maximum absolute atomic E-state index is 12.3. The predicted octanol–water partition coefficient (Wildman–Crippen LogP) is 3.38. The molecule has 0 bridgehead atoms. The number of anilines is 1. The Morgan fingerprint density at radius 1 is 0.966 bits per heavy atom.